The molecule has 7 nitrogen and oxygen atoms in total. The van der Waals surface area contributed by atoms with Crippen LogP contribution >= 0.6 is 11.6 Å². The highest BCUT2D eigenvalue weighted by Crippen LogP contribution is 2.27. The zero-order valence-corrected chi connectivity index (χ0v) is 20.0. The molecule has 0 amide bonds. The highest BCUT2D eigenvalue weighted by Gasteiger charge is 2.17. The van der Waals surface area contributed by atoms with E-state index < -0.39 is 0 Å². The summed E-state index contributed by atoms with van der Waals surface area (Å²) in [5, 5.41) is 8.68. The first-order valence-electron chi connectivity index (χ1n) is 11.6. The SMILES string of the molecule is CCN1CCN(c2nccc(NCc3cccc(Nc4ccnc5cc(Cl)ccc45)c3)n2)CC1. The summed E-state index contributed by atoms with van der Waals surface area (Å²) in [6.45, 7) is 7.99. The Balaban J connectivity index is 1.25. The molecule has 0 radical (unpaired) electrons. The molecule has 2 N–H and O–H groups in total. The molecule has 2 aromatic heterocycles. The van der Waals surface area contributed by atoms with Gasteiger partial charge >= 0.3 is 0 Å². The molecule has 0 spiro atoms. The number of rotatable bonds is 7. The summed E-state index contributed by atoms with van der Waals surface area (Å²) in [4.78, 5) is 18.4. The van der Waals surface area contributed by atoms with Gasteiger partial charge < -0.3 is 20.4 Å². The molecule has 0 atom stereocenters. The smallest absolute Gasteiger partial charge is 0.227 e. The number of benzene rings is 2. The van der Waals surface area contributed by atoms with E-state index in [0.29, 0.717) is 11.6 Å². The van der Waals surface area contributed by atoms with E-state index in [1.54, 1.807) is 6.20 Å². The molecular weight excluding hydrogens is 446 g/mol. The van der Waals surface area contributed by atoms with Gasteiger partial charge in [0.05, 0.1) is 5.52 Å². The van der Waals surface area contributed by atoms with Crippen molar-refractivity contribution >= 4 is 45.6 Å². The van der Waals surface area contributed by atoms with Crippen molar-refractivity contribution in [1.29, 1.82) is 0 Å². The zero-order valence-electron chi connectivity index (χ0n) is 19.2. The number of likely N-dealkylation sites (N-methyl/N-ethyl adjacent to an activating group) is 1. The number of halogens is 1. The van der Waals surface area contributed by atoms with Crippen molar-refractivity contribution in [2.24, 2.45) is 0 Å². The molecule has 1 saturated heterocycles. The van der Waals surface area contributed by atoms with Crippen molar-refractivity contribution in [1.82, 2.24) is 19.9 Å². The Morgan fingerprint density at radius 1 is 0.941 bits per heavy atom. The summed E-state index contributed by atoms with van der Waals surface area (Å²) in [5.74, 6) is 1.62. The molecule has 2 aromatic carbocycles. The Morgan fingerprint density at radius 3 is 2.65 bits per heavy atom. The molecule has 1 aliphatic heterocycles. The fourth-order valence-corrected chi connectivity index (χ4v) is 4.37. The van der Waals surface area contributed by atoms with Gasteiger partial charge in [0, 0.05) is 66.9 Å². The molecule has 3 heterocycles. The minimum absolute atomic E-state index is 0.669. The second-order valence-corrected chi connectivity index (χ2v) is 8.80. The van der Waals surface area contributed by atoms with E-state index in [0.717, 1.165) is 72.3 Å². The first-order valence-corrected chi connectivity index (χ1v) is 12.0. The van der Waals surface area contributed by atoms with Gasteiger partial charge in [-0.1, -0.05) is 30.7 Å². The van der Waals surface area contributed by atoms with Crippen LogP contribution in [0.25, 0.3) is 10.9 Å². The minimum Gasteiger partial charge on any atom is -0.366 e. The molecule has 1 aliphatic rings. The summed E-state index contributed by atoms with van der Waals surface area (Å²) >= 11 is 6.12. The lowest BCUT2D eigenvalue weighted by atomic mass is 10.1. The number of nitrogens with one attached hydrogen (secondary N) is 2. The zero-order chi connectivity index (χ0) is 23.3. The van der Waals surface area contributed by atoms with E-state index in [1.165, 1.54) is 0 Å². The molecule has 8 heteroatoms. The van der Waals surface area contributed by atoms with E-state index in [9.17, 15) is 0 Å². The third-order valence-corrected chi connectivity index (χ3v) is 6.36. The van der Waals surface area contributed by atoms with E-state index in [2.05, 4.69) is 61.6 Å². The van der Waals surface area contributed by atoms with Gasteiger partial charge in [0.15, 0.2) is 0 Å². The lowest BCUT2D eigenvalue weighted by Crippen LogP contribution is -2.46. The highest BCUT2D eigenvalue weighted by atomic mass is 35.5. The van der Waals surface area contributed by atoms with Crippen molar-refractivity contribution < 1.29 is 0 Å². The lowest BCUT2D eigenvalue weighted by molar-refractivity contribution is 0.270. The standard InChI is InChI=1S/C26H28ClN7/c1-2-33-12-14-34(15-13-33)26-29-11-9-25(32-26)30-18-19-4-3-5-21(16-19)31-23-8-10-28-24-17-20(27)6-7-22(23)24/h3-11,16-17H,2,12-15,18H2,1H3,(H,28,31)(H,29,30,32). The van der Waals surface area contributed by atoms with Crippen LogP contribution in [-0.2, 0) is 6.54 Å². The van der Waals surface area contributed by atoms with E-state index in [1.807, 2.05) is 36.5 Å². The van der Waals surface area contributed by atoms with Crippen LogP contribution in [0.1, 0.15) is 12.5 Å². The quantitative estimate of drug-likeness (QED) is 0.383. The molecule has 0 unspecified atom stereocenters. The fraction of sp³-hybridized carbons (Fsp3) is 0.269. The second kappa shape index (κ2) is 10.2. The van der Waals surface area contributed by atoms with Crippen LogP contribution in [0.4, 0.5) is 23.1 Å². The van der Waals surface area contributed by atoms with Crippen LogP contribution in [0.15, 0.2) is 67.0 Å². The Hall–Kier alpha value is -3.42. The Bertz CT molecular complexity index is 1270. The van der Waals surface area contributed by atoms with Gasteiger partial charge in [-0.3, -0.25) is 4.98 Å². The third-order valence-electron chi connectivity index (χ3n) is 6.13. The molecule has 174 valence electrons. The molecule has 5 rings (SSSR count). The number of aromatic nitrogens is 3. The van der Waals surface area contributed by atoms with Crippen molar-refractivity contribution in [3.05, 3.63) is 77.6 Å². The maximum Gasteiger partial charge on any atom is 0.227 e. The minimum atomic E-state index is 0.669. The number of nitrogens with zero attached hydrogens (tertiary/aromatic N) is 5. The average Bonchev–Trinajstić information content (AvgIpc) is 2.88. The highest BCUT2D eigenvalue weighted by molar-refractivity contribution is 6.31. The predicted molar refractivity (Wildman–Crippen MR) is 140 cm³/mol. The van der Waals surface area contributed by atoms with Crippen molar-refractivity contribution in [3.63, 3.8) is 0 Å². The summed E-state index contributed by atoms with van der Waals surface area (Å²) in [6, 6.07) is 18.0. The lowest BCUT2D eigenvalue weighted by Gasteiger charge is -2.34. The van der Waals surface area contributed by atoms with Crippen molar-refractivity contribution in [2.45, 2.75) is 13.5 Å². The van der Waals surface area contributed by atoms with E-state index in [-0.39, 0.29) is 0 Å². The van der Waals surface area contributed by atoms with Gasteiger partial charge in [0.1, 0.15) is 5.82 Å². The Morgan fingerprint density at radius 2 is 1.79 bits per heavy atom. The molecular formula is C26H28ClN7. The number of hydrogen-bond acceptors (Lipinski definition) is 7. The van der Waals surface area contributed by atoms with Gasteiger partial charge in [-0.2, -0.15) is 4.98 Å². The molecule has 0 bridgehead atoms. The van der Waals surface area contributed by atoms with Crippen molar-refractivity contribution in [2.75, 3.05) is 48.3 Å². The maximum atomic E-state index is 6.12. The van der Waals surface area contributed by atoms with Gasteiger partial charge in [0.25, 0.3) is 0 Å². The van der Waals surface area contributed by atoms with E-state index in [4.69, 9.17) is 16.6 Å². The van der Waals surface area contributed by atoms with Crippen LogP contribution in [0.3, 0.4) is 0 Å². The first-order chi connectivity index (χ1) is 16.7. The van der Waals surface area contributed by atoms with Gasteiger partial charge in [-0.25, -0.2) is 4.98 Å². The number of anilines is 4. The van der Waals surface area contributed by atoms with Crippen molar-refractivity contribution in [3.8, 4) is 0 Å². The van der Waals surface area contributed by atoms with Crippen LogP contribution < -0.4 is 15.5 Å². The van der Waals surface area contributed by atoms with Gasteiger partial charge in [-0.15, -0.1) is 0 Å². The summed E-state index contributed by atoms with van der Waals surface area (Å²) in [6.07, 6.45) is 3.62. The van der Waals surface area contributed by atoms with Gasteiger partial charge in [-0.05, 0) is 54.6 Å². The summed E-state index contributed by atoms with van der Waals surface area (Å²) in [5.41, 5.74) is 4.03. The van der Waals surface area contributed by atoms with Crippen LogP contribution in [0.2, 0.25) is 5.02 Å². The second-order valence-electron chi connectivity index (χ2n) is 8.36. The van der Waals surface area contributed by atoms with E-state index >= 15 is 0 Å². The first kappa shape index (κ1) is 22.4. The molecule has 0 aliphatic carbocycles. The van der Waals surface area contributed by atoms with Crippen LogP contribution in [-0.4, -0.2) is 52.6 Å². The molecule has 4 aromatic rings. The Labute approximate surface area is 204 Å². The number of fused-ring (bicyclic) bond motifs is 1. The predicted octanol–water partition coefficient (Wildman–Crippen LogP) is 5.18. The Kier molecular flexibility index (Phi) is 6.74. The normalized spacial score (nSPS) is 14.4. The largest absolute Gasteiger partial charge is 0.366 e. The molecule has 34 heavy (non-hydrogen) atoms. The van der Waals surface area contributed by atoms with Crippen LogP contribution in [0, 0.1) is 0 Å². The number of hydrogen-bond donors (Lipinski definition) is 2. The summed E-state index contributed by atoms with van der Waals surface area (Å²) in [7, 11) is 0. The average molecular weight is 474 g/mol. The molecule has 0 saturated carbocycles. The number of pyridine rings is 1. The molecule has 1 fully saturated rings. The topological polar surface area (TPSA) is 69.2 Å². The number of piperazine rings is 1. The van der Waals surface area contributed by atoms with Crippen LogP contribution in [0.5, 0.6) is 0 Å². The van der Waals surface area contributed by atoms with Gasteiger partial charge in [0.2, 0.25) is 5.95 Å². The fourth-order valence-electron chi connectivity index (χ4n) is 4.20. The third kappa shape index (κ3) is 5.21. The summed E-state index contributed by atoms with van der Waals surface area (Å²) < 4.78 is 0. The maximum absolute atomic E-state index is 6.12. The monoisotopic (exact) mass is 473 g/mol.